The fraction of sp³-hybridized carbons (Fsp3) is 0.909. The molecule has 0 atom stereocenters. The third-order valence-corrected chi connectivity index (χ3v) is 3.57. The number of hydrogen-bond acceptors (Lipinski definition) is 3. The summed E-state index contributed by atoms with van der Waals surface area (Å²) in [5.74, 6) is 0. The van der Waals surface area contributed by atoms with Gasteiger partial charge in [-0.3, -0.25) is 0 Å². The largest absolute Gasteiger partial charge is 0.394 e. The highest BCUT2D eigenvalue weighted by atomic mass is 16.5. The van der Waals surface area contributed by atoms with E-state index in [9.17, 15) is 9.90 Å². The van der Waals surface area contributed by atoms with E-state index >= 15 is 0 Å². The maximum absolute atomic E-state index is 11.7. The maximum atomic E-state index is 11.7. The average Bonchev–Trinajstić information content (AvgIpc) is 2.25. The van der Waals surface area contributed by atoms with Crippen LogP contribution in [0.3, 0.4) is 0 Å². The molecule has 0 aromatic rings. The zero-order chi connectivity index (χ0) is 11.4. The Bertz CT molecular complexity index is 248. The third-order valence-electron chi connectivity index (χ3n) is 3.57. The van der Waals surface area contributed by atoms with Crippen molar-refractivity contribution < 1.29 is 14.6 Å². The number of aliphatic hydroxyl groups is 1. The number of rotatable bonds is 3. The molecule has 5 heteroatoms. The van der Waals surface area contributed by atoms with Crippen molar-refractivity contribution in [2.24, 2.45) is 0 Å². The zero-order valence-electron chi connectivity index (χ0n) is 9.50. The molecule has 0 unspecified atom stereocenters. The third kappa shape index (κ3) is 2.65. The first kappa shape index (κ1) is 11.7. The molecule has 2 fully saturated rings. The SMILES string of the molecule is O=C(NC1CCC1)NC1(CO)CCOCC1. The number of urea groups is 1. The van der Waals surface area contributed by atoms with Gasteiger partial charge in [0.25, 0.3) is 0 Å². The van der Waals surface area contributed by atoms with E-state index < -0.39 is 5.54 Å². The molecule has 16 heavy (non-hydrogen) atoms. The van der Waals surface area contributed by atoms with Gasteiger partial charge >= 0.3 is 6.03 Å². The summed E-state index contributed by atoms with van der Waals surface area (Å²) in [6, 6.07) is 0.177. The minimum absolute atomic E-state index is 0.0194. The second-order valence-corrected chi connectivity index (χ2v) is 4.78. The Balaban J connectivity index is 1.82. The molecule has 3 N–H and O–H groups in total. The molecule has 2 aliphatic rings. The molecule has 1 heterocycles. The summed E-state index contributed by atoms with van der Waals surface area (Å²) in [5.41, 5.74) is -0.480. The van der Waals surface area contributed by atoms with Gasteiger partial charge in [-0.2, -0.15) is 0 Å². The molecular formula is C11H20N2O3. The molecular weight excluding hydrogens is 208 g/mol. The van der Waals surface area contributed by atoms with Crippen LogP contribution in [0.15, 0.2) is 0 Å². The summed E-state index contributed by atoms with van der Waals surface area (Å²) in [6.45, 7) is 1.18. The Hall–Kier alpha value is -0.810. The Morgan fingerprint density at radius 2 is 2.06 bits per heavy atom. The summed E-state index contributed by atoms with van der Waals surface area (Å²) in [7, 11) is 0. The minimum Gasteiger partial charge on any atom is -0.394 e. The van der Waals surface area contributed by atoms with Crippen molar-refractivity contribution in [2.75, 3.05) is 19.8 Å². The van der Waals surface area contributed by atoms with Crippen molar-refractivity contribution in [3.8, 4) is 0 Å². The highest BCUT2D eigenvalue weighted by Crippen LogP contribution is 2.21. The highest BCUT2D eigenvalue weighted by molar-refractivity contribution is 5.75. The van der Waals surface area contributed by atoms with Crippen molar-refractivity contribution >= 4 is 6.03 Å². The van der Waals surface area contributed by atoms with Gasteiger partial charge in [0.1, 0.15) is 0 Å². The monoisotopic (exact) mass is 228 g/mol. The van der Waals surface area contributed by atoms with Crippen LogP contribution in [0, 0.1) is 0 Å². The highest BCUT2D eigenvalue weighted by Gasteiger charge is 2.34. The summed E-state index contributed by atoms with van der Waals surface area (Å²) in [5, 5.41) is 15.2. The Labute approximate surface area is 95.5 Å². The zero-order valence-corrected chi connectivity index (χ0v) is 9.50. The number of hydrogen-bond donors (Lipinski definition) is 3. The van der Waals surface area contributed by atoms with Crippen molar-refractivity contribution in [2.45, 2.75) is 43.7 Å². The smallest absolute Gasteiger partial charge is 0.315 e. The van der Waals surface area contributed by atoms with Crippen molar-refractivity contribution in [3.63, 3.8) is 0 Å². The van der Waals surface area contributed by atoms with E-state index in [-0.39, 0.29) is 12.6 Å². The van der Waals surface area contributed by atoms with Crippen molar-refractivity contribution in [1.82, 2.24) is 10.6 Å². The first-order chi connectivity index (χ1) is 7.74. The Morgan fingerprint density at radius 3 is 2.56 bits per heavy atom. The minimum atomic E-state index is -0.480. The molecule has 0 aromatic carbocycles. The molecule has 0 spiro atoms. The molecule has 2 rings (SSSR count). The summed E-state index contributed by atoms with van der Waals surface area (Å²) in [4.78, 5) is 11.7. The van der Waals surface area contributed by atoms with Gasteiger partial charge in [-0.05, 0) is 32.1 Å². The van der Waals surface area contributed by atoms with Crippen LogP contribution in [0.1, 0.15) is 32.1 Å². The van der Waals surface area contributed by atoms with Crippen molar-refractivity contribution in [1.29, 1.82) is 0 Å². The first-order valence-corrected chi connectivity index (χ1v) is 6.01. The van der Waals surface area contributed by atoms with Crippen LogP contribution >= 0.6 is 0 Å². The molecule has 1 saturated heterocycles. The lowest BCUT2D eigenvalue weighted by Crippen LogP contribution is -2.58. The summed E-state index contributed by atoms with van der Waals surface area (Å²) < 4.78 is 5.24. The van der Waals surface area contributed by atoms with Crippen LogP contribution in [0.25, 0.3) is 0 Å². The van der Waals surface area contributed by atoms with E-state index in [4.69, 9.17) is 4.74 Å². The van der Waals surface area contributed by atoms with E-state index in [1.807, 2.05) is 0 Å². The van der Waals surface area contributed by atoms with Crippen LogP contribution < -0.4 is 10.6 Å². The Morgan fingerprint density at radius 1 is 1.38 bits per heavy atom. The molecule has 1 aliphatic carbocycles. The maximum Gasteiger partial charge on any atom is 0.315 e. The van der Waals surface area contributed by atoms with Crippen LogP contribution in [0.2, 0.25) is 0 Å². The second kappa shape index (κ2) is 5.01. The summed E-state index contributed by atoms with van der Waals surface area (Å²) >= 11 is 0. The summed E-state index contributed by atoms with van der Waals surface area (Å²) in [6.07, 6.45) is 4.71. The molecule has 0 bridgehead atoms. The fourth-order valence-corrected chi connectivity index (χ4v) is 2.10. The van der Waals surface area contributed by atoms with Crippen LogP contribution in [-0.2, 0) is 4.74 Å². The topological polar surface area (TPSA) is 70.6 Å². The average molecular weight is 228 g/mol. The van der Waals surface area contributed by atoms with Gasteiger partial charge in [-0.15, -0.1) is 0 Å². The van der Waals surface area contributed by atoms with Gasteiger partial charge in [-0.25, -0.2) is 4.79 Å². The lowest BCUT2D eigenvalue weighted by Gasteiger charge is -2.37. The molecule has 0 radical (unpaired) electrons. The molecule has 1 saturated carbocycles. The first-order valence-electron chi connectivity index (χ1n) is 6.01. The van der Waals surface area contributed by atoms with Gasteiger partial charge in [0.15, 0.2) is 0 Å². The number of amides is 2. The van der Waals surface area contributed by atoms with Gasteiger partial charge < -0.3 is 20.5 Å². The number of carbonyl (C=O) groups is 1. The van der Waals surface area contributed by atoms with Gasteiger partial charge in [0.2, 0.25) is 0 Å². The normalized spacial score (nSPS) is 24.6. The standard InChI is InChI=1S/C11H20N2O3/c14-8-11(4-6-16-7-5-11)13-10(15)12-9-2-1-3-9/h9,14H,1-8H2,(H2,12,13,15). The quantitative estimate of drug-likeness (QED) is 0.654. The second-order valence-electron chi connectivity index (χ2n) is 4.78. The van der Waals surface area contributed by atoms with E-state index in [0.29, 0.717) is 32.1 Å². The predicted octanol–water partition coefficient (Wildman–Crippen LogP) is 0.380. The number of carbonyl (C=O) groups excluding carboxylic acids is 1. The van der Waals surface area contributed by atoms with E-state index in [0.717, 1.165) is 12.8 Å². The lowest BCUT2D eigenvalue weighted by atomic mass is 9.91. The van der Waals surface area contributed by atoms with Gasteiger partial charge in [0.05, 0.1) is 12.1 Å². The van der Waals surface area contributed by atoms with E-state index in [1.54, 1.807) is 0 Å². The fourth-order valence-electron chi connectivity index (χ4n) is 2.10. The Kier molecular flexibility index (Phi) is 3.66. The number of nitrogens with one attached hydrogen (secondary N) is 2. The van der Waals surface area contributed by atoms with Gasteiger partial charge in [-0.1, -0.05) is 0 Å². The number of aliphatic hydroxyl groups excluding tert-OH is 1. The van der Waals surface area contributed by atoms with Crippen LogP contribution in [-0.4, -0.2) is 42.5 Å². The molecule has 2 amide bonds. The lowest BCUT2D eigenvalue weighted by molar-refractivity contribution is 0.0168. The van der Waals surface area contributed by atoms with E-state index in [2.05, 4.69) is 10.6 Å². The molecule has 1 aliphatic heterocycles. The predicted molar refractivity (Wildman–Crippen MR) is 59.2 cm³/mol. The van der Waals surface area contributed by atoms with Crippen LogP contribution in [0.4, 0.5) is 4.79 Å². The molecule has 0 aromatic heterocycles. The number of ether oxygens (including phenoxy) is 1. The van der Waals surface area contributed by atoms with E-state index in [1.165, 1.54) is 6.42 Å². The molecule has 92 valence electrons. The van der Waals surface area contributed by atoms with Gasteiger partial charge in [0, 0.05) is 19.3 Å². The molecule has 5 nitrogen and oxygen atoms in total. The van der Waals surface area contributed by atoms with Crippen LogP contribution in [0.5, 0.6) is 0 Å². The van der Waals surface area contributed by atoms with Crippen molar-refractivity contribution in [3.05, 3.63) is 0 Å².